The molecule has 3 heteroatoms. The van der Waals surface area contributed by atoms with Crippen LogP contribution in [0.4, 0.5) is 11.4 Å². The van der Waals surface area contributed by atoms with Crippen LogP contribution in [0.2, 0.25) is 0 Å². The normalized spacial score (nSPS) is 20.1. The number of hydrogen-bond donors (Lipinski definition) is 2. The third-order valence-electron chi connectivity index (χ3n) is 2.24. The Hall–Kier alpha value is -1.51. The van der Waals surface area contributed by atoms with Crippen molar-refractivity contribution in [2.75, 3.05) is 10.6 Å². The highest BCUT2D eigenvalue weighted by Crippen LogP contribution is 2.26. The zero-order valence-electron chi connectivity index (χ0n) is 7.50. The fraction of sp³-hybridized carbons (Fsp3) is 0.300. The van der Waals surface area contributed by atoms with Crippen molar-refractivity contribution < 1.29 is 4.79 Å². The molecule has 0 radical (unpaired) electrons. The first-order valence-electron chi connectivity index (χ1n) is 4.47. The Morgan fingerprint density at radius 3 is 2.69 bits per heavy atom. The van der Waals surface area contributed by atoms with E-state index in [4.69, 9.17) is 0 Å². The summed E-state index contributed by atoms with van der Waals surface area (Å²) in [6, 6.07) is 7.64. The molecule has 68 valence electrons. The van der Waals surface area contributed by atoms with Gasteiger partial charge in [-0.05, 0) is 18.6 Å². The Bertz CT molecular complexity index is 335. The minimum absolute atomic E-state index is 0.0567. The van der Waals surface area contributed by atoms with Crippen molar-refractivity contribution in [3.63, 3.8) is 0 Å². The minimum Gasteiger partial charge on any atom is -0.372 e. The molecule has 1 aromatic rings. The number of benzene rings is 1. The van der Waals surface area contributed by atoms with Gasteiger partial charge in [-0.2, -0.15) is 0 Å². The lowest BCUT2D eigenvalue weighted by Crippen LogP contribution is -2.38. The van der Waals surface area contributed by atoms with Crippen LogP contribution in [0.3, 0.4) is 0 Å². The molecule has 0 saturated carbocycles. The maximum Gasteiger partial charge on any atom is 0.246 e. The van der Waals surface area contributed by atoms with E-state index in [1.54, 1.807) is 0 Å². The number of hydrogen-bond acceptors (Lipinski definition) is 2. The summed E-state index contributed by atoms with van der Waals surface area (Å²) in [6.07, 6.45) is 0.806. The lowest BCUT2D eigenvalue weighted by atomic mass is 10.1. The molecule has 0 aliphatic carbocycles. The zero-order valence-corrected chi connectivity index (χ0v) is 7.50. The number of amides is 1. The topological polar surface area (TPSA) is 41.1 Å². The first-order chi connectivity index (χ1) is 6.31. The predicted molar refractivity (Wildman–Crippen MR) is 52.8 cm³/mol. The maximum absolute atomic E-state index is 11.4. The Balaban J connectivity index is 2.33. The second kappa shape index (κ2) is 3.09. The van der Waals surface area contributed by atoms with E-state index in [2.05, 4.69) is 10.6 Å². The third kappa shape index (κ3) is 1.37. The highest BCUT2D eigenvalue weighted by molar-refractivity contribution is 6.02. The first kappa shape index (κ1) is 8.10. The smallest absolute Gasteiger partial charge is 0.246 e. The molecule has 0 aromatic heterocycles. The lowest BCUT2D eigenvalue weighted by molar-refractivity contribution is -0.117. The summed E-state index contributed by atoms with van der Waals surface area (Å²) in [5, 5.41) is 6.04. The molecule has 1 aromatic carbocycles. The molecular weight excluding hydrogens is 164 g/mol. The molecule has 0 fully saturated rings. The molecule has 0 bridgehead atoms. The van der Waals surface area contributed by atoms with Gasteiger partial charge in [-0.25, -0.2) is 0 Å². The molecule has 1 aliphatic heterocycles. The molecule has 1 atom stereocenters. The van der Waals surface area contributed by atoms with Gasteiger partial charge < -0.3 is 10.6 Å². The highest BCUT2D eigenvalue weighted by Gasteiger charge is 2.22. The largest absolute Gasteiger partial charge is 0.372 e. The van der Waals surface area contributed by atoms with Gasteiger partial charge in [0, 0.05) is 0 Å². The van der Waals surface area contributed by atoms with Crippen LogP contribution in [-0.4, -0.2) is 11.9 Å². The molecule has 2 N–H and O–H groups in total. The number of carbonyl (C=O) groups is 1. The SMILES string of the molecule is CC[C@H]1Nc2ccccc2NC1=O. The molecule has 13 heavy (non-hydrogen) atoms. The van der Waals surface area contributed by atoms with E-state index in [0.717, 1.165) is 17.8 Å². The van der Waals surface area contributed by atoms with Crippen molar-refractivity contribution in [1.29, 1.82) is 0 Å². The molecule has 3 nitrogen and oxygen atoms in total. The third-order valence-corrected chi connectivity index (χ3v) is 2.24. The molecule has 1 amide bonds. The average Bonchev–Trinajstić information content (AvgIpc) is 2.17. The summed E-state index contributed by atoms with van der Waals surface area (Å²) >= 11 is 0. The van der Waals surface area contributed by atoms with E-state index in [0.29, 0.717) is 0 Å². The lowest BCUT2D eigenvalue weighted by Gasteiger charge is -2.25. The second-order valence-corrected chi connectivity index (χ2v) is 3.14. The van der Waals surface area contributed by atoms with E-state index in [-0.39, 0.29) is 11.9 Å². The van der Waals surface area contributed by atoms with Crippen LogP contribution in [0.1, 0.15) is 13.3 Å². The van der Waals surface area contributed by atoms with Crippen LogP contribution in [0.5, 0.6) is 0 Å². The van der Waals surface area contributed by atoms with Gasteiger partial charge in [0.2, 0.25) is 5.91 Å². The Labute approximate surface area is 77.1 Å². The molecular formula is C10H12N2O. The van der Waals surface area contributed by atoms with Crippen molar-refractivity contribution in [1.82, 2.24) is 0 Å². The van der Waals surface area contributed by atoms with Gasteiger partial charge in [0.15, 0.2) is 0 Å². The number of para-hydroxylation sites is 2. The zero-order chi connectivity index (χ0) is 9.26. The van der Waals surface area contributed by atoms with Crippen molar-refractivity contribution in [3.8, 4) is 0 Å². The van der Waals surface area contributed by atoms with Crippen LogP contribution in [-0.2, 0) is 4.79 Å². The number of carbonyl (C=O) groups excluding carboxylic acids is 1. The van der Waals surface area contributed by atoms with Gasteiger partial charge in [-0.15, -0.1) is 0 Å². The Kier molecular flexibility index (Phi) is 1.93. The summed E-state index contributed by atoms with van der Waals surface area (Å²) in [5.41, 5.74) is 1.88. The van der Waals surface area contributed by atoms with Gasteiger partial charge in [-0.1, -0.05) is 19.1 Å². The van der Waals surface area contributed by atoms with Gasteiger partial charge in [0.05, 0.1) is 11.4 Å². The number of fused-ring (bicyclic) bond motifs is 1. The molecule has 1 aliphatic rings. The summed E-state index contributed by atoms with van der Waals surface area (Å²) < 4.78 is 0. The van der Waals surface area contributed by atoms with Crippen molar-refractivity contribution in [2.24, 2.45) is 0 Å². The molecule has 1 heterocycles. The molecule has 2 rings (SSSR count). The molecule has 0 saturated heterocycles. The maximum atomic E-state index is 11.4. The summed E-state index contributed by atoms with van der Waals surface area (Å²) in [4.78, 5) is 11.4. The highest BCUT2D eigenvalue weighted by atomic mass is 16.2. The summed E-state index contributed by atoms with van der Waals surface area (Å²) in [7, 11) is 0. The van der Waals surface area contributed by atoms with E-state index < -0.39 is 0 Å². The summed E-state index contributed by atoms with van der Waals surface area (Å²) in [5.74, 6) is 0.0567. The predicted octanol–water partition coefficient (Wildman–Crippen LogP) is 1.83. The monoisotopic (exact) mass is 176 g/mol. The van der Waals surface area contributed by atoms with E-state index >= 15 is 0 Å². The van der Waals surface area contributed by atoms with E-state index in [1.807, 2.05) is 31.2 Å². The van der Waals surface area contributed by atoms with Crippen LogP contribution in [0, 0.1) is 0 Å². The van der Waals surface area contributed by atoms with E-state index in [9.17, 15) is 4.79 Å². The van der Waals surface area contributed by atoms with Crippen LogP contribution >= 0.6 is 0 Å². The number of anilines is 2. The molecule has 0 spiro atoms. The Morgan fingerprint density at radius 2 is 2.00 bits per heavy atom. The number of nitrogens with one attached hydrogen (secondary N) is 2. The van der Waals surface area contributed by atoms with Gasteiger partial charge in [0.25, 0.3) is 0 Å². The van der Waals surface area contributed by atoms with Gasteiger partial charge in [0.1, 0.15) is 6.04 Å². The quantitative estimate of drug-likeness (QED) is 0.685. The van der Waals surface area contributed by atoms with Crippen molar-refractivity contribution in [2.45, 2.75) is 19.4 Å². The molecule has 0 unspecified atom stereocenters. The summed E-state index contributed by atoms with van der Waals surface area (Å²) in [6.45, 7) is 1.99. The first-order valence-corrected chi connectivity index (χ1v) is 4.47. The fourth-order valence-corrected chi connectivity index (χ4v) is 1.48. The van der Waals surface area contributed by atoms with Gasteiger partial charge in [-0.3, -0.25) is 4.79 Å². The van der Waals surface area contributed by atoms with Crippen LogP contribution < -0.4 is 10.6 Å². The standard InChI is InChI=1S/C10H12N2O/c1-2-7-10(13)12-9-6-4-3-5-8(9)11-7/h3-7,11H,2H2,1H3,(H,12,13)/t7-/m1/s1. The number of rotatable bonds is 1. The van der Waals surface area contributed by atoms with Crippen LogP contribution in [0.15, 0.2) is 24.3 Å². The Morgan fingerprint density at radius 1 is 1.31 bits per heavy atom. The van der Waals surface area contributed by atoms with Crippen molar-refractivity contribution >= 4 is 17.3 Å². The second-order valence-electron chi connectivity index (χ2n) is 3.14. The average molecular weight is 176 g/mol. The van der Waals surface area contributed by atoms with E-state index in [1.165, 1.54) is 0 Å². The van der Waals surface area contributed by atoms with Gasteiger partial charge >= 0.3 is 0 Å². The fourth-order valence-electron chi connectivity index (χ4n) is 1.48. The van der Waals surface area contributed by atoms with Crippen LogP contribution in [0.25, 0.3) is 0 Å². The van der Waals surface area contributed by atoms with Crippen molar-refractivity contribution in [3.05, 3.63) is 24.3 Å². The minimum atomic E-state index is -0.0881.